The van der Waals surface area contributed by atoms with Crippen molar-refractivity contribution in [2.75, 3.05) is 6.61 Å². The predicted octanol–water partition coefficient (Wildman–Crippen LogP) is 0.425. The first-order valence-electron chi connectivity index (χ1n) is 4.68. The van der Waals surface area contributed by atoms with Crippen LogP contribution in [0.5, 0.6) is 0 Å². The van der Waals surface area contributed by atoms with Gasteiger partial charge in [0.1, 0.15) is 0 Å². The van der Waals surface area contributed by atoms with Gasteiger partial charge in [-0.15, -0.1) is 0 Å². The van der Waals surface area contributed by atoms with Gasteiger partial charge >= 0.3 is 0 Å². The van der Waals surface area contributed by atoms with E-state index in [1.54, 1.807) is 0 Å². The number of hydrogen-bond donors (Lipinski definition) is 3. The lowest BCUT2D eigenvalue weighted by Crippen LogP contribution is -2.26. The van der Waals surface area contributed by atoms with E-state index in [1.165, 1.54) is 0 Å². The Balaban J connectivity index is 2.21. The van der Waals surface area contributed by atoms with Crippen LogP contribution < -0.4 is 0 Å². The first-order chi connectivity index (χ1) is 5.66. The molecule has 0 aromatic heterocycles. The van der Waals surface area contributed by atoms with Crippen LogP contribution in [0.1, 0.15) is 38.5 Å². The number of rotatable bonds is 4. The minimum atomic E-state index is -0.658. The van der Waals surface area contributed by atoms with Gasteiger partial charge in [-0.2, -0.15) is 0 Å². The summed E-state index contributed by atoms with van der Waals surface area (Å²) in [5.41, 5.74) is -0.545. The smallest absolute Gasteiger partial charge is 0.0772 e. The van der Waals surface area contributed by atoms with Crippen LogP contribution in [0.25, 0.3) is 0 Å². The van der Waals surface area contributed by atoms with Crippen molar-refractivity contribution in [1.29, 1.82) is 0 Å². The maximum absolute atomic E-state index is 9.84. The molecule has 12 heavy (non-hydrogen) atoms. The summed E-state index contributed by atoms with van der Waals surface area (Å²) in [6, 6.07) is 0. The third kappa shape index (κ3) is 2.73. The highest BCUT2D eigenvalue weighted by molar-refractivity contribution is 4.84. The molecule has 0 heterocycles. The van der Waals surface area contributed by atoms with E-state index in [0.29, 0.717) is 12.8 Å². The van der Waals surface area contributed by atoms with Gasteiger partial charge in [0.05, 0.1) is 18.3 Å². The van der Waals surface area contributed by atoms with E-state index in [2.05, 4.69) is 0 Å². The minimum absolute atomic E-state index is 0.198. The maximum atomic E-state index is 9.84. The standard InChI is InChI=1S/C9H18O3/c10-7-8(11)3-6-9(12)4-1-2-5-9/h8,10-12H,1-7H2/t8-/m0/s1. The molecule has 1 rings (SSSR count). The van der Waals surface area contributed by atoms with Crippen molar-refractivity contribution < 1.29 is 15.3 Å². The zero-order valence-corrected chi connectivity index (χ0v) is 7.37. The van der Waals surface area contributed by atoms with Gasteiger partial charge in [0, 0.05) is 0 Å². The molecule has 0 aromatic rings. The molecule has 3 heteroatoms. The molecule has 0 unspecified atom stereocenters. The van der Waals surface area contributed by atoms with Crippen LogP contribution in [0, 0.1) is 0 Å². The van der Waals surface area contributed by atoms with Gasteiger partial charge in [-0.25, -0.2) is 0 Å². The monoisotopic (exact) mass is 174 g/mol. The summed E-state index contributed by atoms with van der Waals surface area (Å²) in [5, 5.41) is 27.5. The van der Waals surface area contributed by atoms with Crippen LogP contribution >= 0.6 is 0 Å². The van der Waals surface area contributed by atoms with Crippen LogP contribution in [0.15, 0.2) is 0 Å². The molecule has 1 fully saturated rings. The summed E-state index contributed by atoms with van der Waals surface area (Å²) >= 11 is 0. The molecule has 0 aliphatic heterocycles. The molecule has 1 aliphatic rings. The Morgan fingerprint density at radius 1 is 1.25 bits per heavy atom. The van der Waals surface area contributed by atoms with E-state index in [0.717, 1.165) is 25.7 Å². The molecular formula is C9H18O3. The Morgan fingerprint density at radius 2 is 1.83 bits per heavy atom. The van der Waals surface area contributed by atoms with Crippen LogP contribution in [-0.2, 0) is 0 Å². The lowest BCUT2D eigenvalue weighted by molar-refractivity contribution is 0.0118. The van der Waals surface area contributed by atoms with Gasteiger partial charge in [-0.3, -0.25) is 0 Å². The van der Waals surface area contributed by atoms with Crippen molar-refractivity contribution in [1.82, 2.24) is 0 Å². The molecule has 0 aromatic carbocycles. The zero-order valence-electron chi connectivity index (χ0n) is 7.37. The van der Waals surface area contributed by atoms with Crippen molar-refractivity contribution in [3.63, 3.8) is 0 Å². The highest BCUT2D eigenvalue weighted by Gasteiger charge is 2.30. The Bertz CT molecular complexity index is 130. The summed E-state index contributed by atoms with van der Waals surface area (Å²) in [6.45, 7) is -0.198. The van der Waals surface area contributed by atoms with Gasteiger partial charge in [0.25, 0.3) is 0 Å². The van der Waals surface area contributed by atoms with E-state index in [-0.39, 0.29) is 6.61 Å². The van der Waals surface area contributed by atoms with Crippen molar-refractivity contribution in [3.8, 4) is 0 Å². The topological polar surface area (TPSA) is 60.7 Å². The second kappa shape index (κ2) is 4.21. The second-order valence-corrected chi connectivity index (χ2v) is 3.81. The van der Waals surface area contributed by atoms with Crippen LogP contribution in [0.2, 0.25) is 0 Å². The molecule has 3 N–H and O–H groups in total. The molecule has 72 valence electrons. The molecule has 0 spiro atoms. The lowest BCUT2D eigenvalue weighted by atomic mass is 9.94. The molecule has 0 saturated heterocycles. The van der Waals surface area contributed by atoms with Gasteiger partial charge in [-0.05, 0) is 25.7 Å². The third-order valence-corrected chi connectivity index (χ3v) is 2.69. The molecule has 0 amide bonds. The van der Waals surface area contributed by atoms with Gasteiger partial charge in [0.15, 0.2) is 0 Å². The first-order valence-corrected chi connectivity index (χ1v) is 4.68. The zero-order chi connectivity index (χ0) is 9.03. The second-order valence-electron chi connectivity index (χ2n) is 3.81. The average molecular weight is 174 g/mol. The van der Waals surface area contributed by atoms with E-state index >= 15 is 0 Å². The summed E-state index contributed by atoms with van der Waals surface area (Å²) in [5.74, 6) is 0. The highest BCUT2D eigenvalue weighted by Crippen LogP contribution is 2.33. The quantitative estimate of drug-likeness (QED) is 0.579. The normalized spacial score (nSPS) is 24.2. The van der Waals surface area contributed by atoms with Gasteiger partial charge in [0.2, 0.25) is 0 Å². The molecule has 0 bridgehead atoms. The number of aliphatic hydroxyl groups excluding tert-OH is 2. The van der Waals surface area contributed by atoms with E-state index in [1.807, 2.05) is 0 Å². The summed E-state index contributed by atoms with van der Waals surface area (Å²) in [6.07, 6.45) is 4.35. The predicted molar refractivity (Wildman–Crippen MR) is 45.7 cm³/mol. The molecular weight excluding hydrogens is 156 g/mol. The molecule has 0 radical (unpaired) electrons. The van der Waals surface area contributed by atoms with Crippen LogP contribution in [-0.4, -0.2) is 33.6 Å². The third-order valence-electron chi connectivity index (χ3n) is 2.69. The Hall–Kier alpha value is -0.120. The number of aliphatic hydroxyl groups is 3. The fourth-order valence-corrected chi connectivity index (χ4v) is 1.81. The molecule has 3 nitrogen and oxygen atoms in total. The van der Waals surface area contributed by atoms with E-state index in [9.17, 15) is 5.11 Å². The summed E-state index contributed by atoms with van der Waals surface area (Å²) < 4.78 is 0. The Morgan fingerprint density at radius 3 is 2.33 bits per heavy atom. The number of hydrogen-bond acceptors (Lipinski definition) is 3. The van der Waals surface area contributed by atoms with Crippen molar-refractivity contribution >= 4 is 0 Å². The highest BCUT2D eigenvalue weighted by atomic mass is 16.3. The first kappa shape index (κ1) is 9.96. The van der Waals surface area contributed by atoms with E-state index < -0.39 is 11.7 Å². The van der Waals surface area contributed by atoms with Crippen molar-refractivity contribution in [2.45, 2.75) is 50.2 Å². The average Bonchev–Trinajstić information content (AvgIpc) is 2.49. The molecule has 1 aliphatic carbocycles. The lowest BCUT2D eigenvalue weighted by Gasteiger charge is -2.22. The van der Waals surface area contributed by atoms with Crippen molar-refractivity contribution in [2.24, 2.45) is 0 Å². The Kier molecular flexibility index (Phi) is 3.50. The largest absolute Gasteiger partial charge is 0.394 e. The fourth-order valence-electron chi connectivity index (χ4n) is 1.81. The minimum Gasteiger partial charge on any atom is -0.394 e. The van der Waals surface area contributed by atoms with Crippen LogP contribution in [0.4, 0.5) is 0 Å². The van der Waals surface area contributed by atoms with Crippen LogP contribution in [0.3, 0.4) is 0 Å². The van der Waals surface area contributed by atoms with Crippen molar-refractivity contribution in [3.05, 3.63) is 0 Å². The Labute approximate surface area is 73.0 Å². The fraction of sp³-hybridized carbons (Fsp3) is 1.00. The molecule has 1 saturated carbocycles. The van der Waals surface area contributed by atoms with Gasteiger partial charge < -0.3 is 15.3 Å². The van der Waals surface area contributed by atoms with E-state index in [4.69, 9.17) is 10.2 Å². The SMILES string of the molecule is OC[C@@H](O)CCC1(O)CCCC1. The summed E-state index contributed by atoms with van der Waals surface area (Å²) in [7, 11) is 0. The molecule has 1 atom stereocenters. The maximum Gasteiger partial charge on any atom is 0.0772 e. The van der Waals surface area contributed by atoms with Gasteiger partial charge in [-0.1, -0.05) is 12.8 Å². The summed E-state index contributed by atoms with van der Waals surface area (Å²) in [4.78, 5) is 0.